The Kier molecular flexibility index (Phi) is 8.40. The minimum Gasteiger partial charge on any atom is -0.393 e. The van der Waals surface area contributed by atoms with Crippen molar-refractivity contribution in [3.05, 3.63) is 29.6 Å². The molecule has 0 amide bonds. The van der Waals surface area contributed by atoms with Crippen LogP contribution in [0.1, 0.15) is 38.2 Å². The number of piperidine rings is 1. The van der Waals surface area contributed by atoms with Gasteiger partial charge in [0.25, 0.3) is 0 Å². The smallest absolute Gasteiger partial charge is 0.191 e. The van der Waals surface area contributed by atoms with Gasteiger partial charge in [0.15, 0.2) is 5.96 Å². The quantitative estimate of drug-likeness (QED) is 0.336. The third-order valence-corrected chi connectivity index (χ3v) is 4.84. The number of rotatable bonds is 6. The highest BCUT2D eigenvalue weighted by molar-refractivity contribution is 14.0. The van der Waals surface area contributed by atoms with Crippen molar-refractivity contribution < 1.29 is 9.50 Å². The van der Waals surface area contributed by atoms with Gasteiger partial charge in [0, 0.05) is 26.2 Å². The number of hydrogen-bond donors (Lipinski definition) is 3. The second-order valence-corrected chi connectivity index (χ2v) is 7.02. The van der Waals surface area contributed by atoms with E-state index in [9.17, 15) is 9.50 Å². The van der Waals surface area contributed by atoms with Gasteiger partial charge in [-0.3, -0.25) is 0 Å². The number of nitrogens with one attached hydrogen (secondary N) is 2. The van der Waals surface area contributed by atoms with E-state index < -0.39 is 0 Å². The van der Waals surface area contributed by atoms with Gasteiger partial charge in [-0.25, -0.2) is 9.38 Å². The van der Waals surface area contributed by atoms with Crippen LogP contribution in [0.5, 0.6) is 0 Å². The SMILES string of the molecule is CCNC(=NCc1ccc(N2CCC(O)CC2)c(F)c1)NCC1CC1.I. The molecule has 0 aromatic heterocycles. The summed E-state index contributed by atoms with van der Waals surface area (Å²) in [7, 11) is 0. The fourth-order valence-corrected chi connectivity index (χ4v) is 3.09. The first-order valence-corrected chi connectivity index (χ1v) is 9.39. The van der Waals surface area contributed by atoms with E-state index in [0.29, 0.717) is 38.2 Å². The van der Waals surface area contributed by atoms with Crippen molar-refractivity contribution in [2.24, 2.45) is 10.9 Å². The van der Waals surface area contributed by atoms with Crippen molar-refractivity contribution in [3.63, 3.8) is 0 Å². The van der Waals surface area contributed by atoms with Gasteiger partial charge < -0.3 is 20.6 Å². The van der Waals surface area contributed by atoms with Gasteiger partial charge in [0.1, 0.15) is 5.82 Å². The Labute approximate surface area is 172 Å². The number of nitrogens with zero attached hydrogens (tertiary/aromatic N) is 2. The second-order valence-electron chi connectivity index (χ2n) is 7.02. The summed E-state index contributed by atoms with van der Waals surface area (Å²) in [4.78, 5) is 6.57. The maximum atomic E-state index is 14.5. The molecule has 0 radical (unpaired) electrons. The van der Waals surface area contributed by atoms with Crippen molar-refractivity contribution in [1.29, 1.82) is 0 Å². The molecule has 1 saturated carbocycles. The average molecular weight is 476 g/mol. The van der Waals surface area contributed by atoms with Crippen molar-refractivity contribution >= 4 is 35.6 Å². The summed E-state index contributed by atoms with van der Waals surface area (Å²) in [6.45, 7) is 5.66. The zero-order valence-electron chi connectivity index (χ0n) is 15.4. The monoisotopic (exact) mass is 476 g/mol. The standard InChI is InChI=1S/C19H29FN4O.HI/c1-2-21-19(22-12-14-3-4-14)23-13-15-5-6-18(17(20)11-15)24-9-7-16(25)8-10-24;/h5-6,11,14,16,25H,2-4,7-10,12-13H2,1H3,(H2,21,22,23);1H. The highest BCUT2D eigenvalue weighted by atomic mass is 127. The van der Waals surface area contributed by atoms with Crippen molar-refractivity contribution in [2.45, 2.75) is 45.3 Å². The van der Waals surface area contributed by atoms with Gasteiger partial charge >= 0.3 is 0 Å². The molecular weight excluding hydrogens is 446 g/mol. The van der Waals surface area contributed by atoms with Gasteiger partial charge in [0.2, 0.25) is 0 Å². The van der Waals surface area contributed by atoms with Crippen molar-refractivity contribution in [3.8, 4) is 0 Å². The van der Waals surface area contributed by atoms with Crippen LogP contribution in [-0.2, 0) is 6.54 Å². The highest BCUT2D eigenvalue weighted by Gasteiger charge is 2.21. The van der Waals surface area contributed by atoms with Crippen LogP contribution in [-0.4, -0.2) is 43.3 Å². The molecule has 3 N–H and O–H groups in total. The molecule has 1 aromatic rings. The van der Waals surface area contributed by atoms with Crippen LogP contribution >= 0.6 is 24.0 Å². The number of benzene rings is 1. The highest BCUT2D eigenvalue weighted by Crippen LogP contribution is 2.27. The summed E-state index contributed by atoms with van der Waals surface area (Å²) >= 11 is 0. The van der Waals surface area contributed by atoms with E-state index in [1.54, 1.807) is 6.07 Å². The van der Waals surface area contributed by atoms with E-state index in [0.717, 1.165) is 30.5 Å². The second kappa shape index (κ2) is 10.3. The Bertz CT molecular complexity index is 601. The molecule has 0 atom stereocenters. The van der Waals surface area contributed by atoms with E-state index in [2.05, 4.69) is 15.6 Å². The molecule has 1 heterocycles. The molecule has 1 aliphatic carbocycles. The average Bonchev–Trinajstić information content (AvgIpc) is 3.43. The van der Waals surface area contributed by atoms with Crippen LogP contribution < -0.4 is 15.5 Å². The van der Waals surface area contributed by atoms with Gasteiger partial charge in [-0.1, -0.05) is 6.07 Å². The topological polar surface area (TPSA) is 59.9 Å². The lowest BCUT2D eigenvalue weighted by atomic mass is 10.1. The number of hydrogen-bond acceptors (Lipinski definition) is 3. The summed E-state index contributed by atoms with van der Waals surface area (Å²) in [6, 6.07) is 5.36. The van der Waals surface area contributed by atoms with Gasteiger partial charge in [-0.2, -0.15) is 0 Å². The number of anilines is 1. The number of aliphatic hydroxyl groups is 1. The zero-order chi connectivity index (χ0) is 17.6. The molecule has 5 nitrogen and oxygen atoms in total. The Morgan fingerprint density at radius 1 is 1.23 bits per heavy atom. The van der Waals surface area contributed by atoms with Gasteiger partial charge in [0.05, 0.1) is 18.3 Å². The third-order valence-electron chi connectivity index (χ3n) is 4.84. The fourth-order valence-electron chi connectivity index (χ4n) is 3.09. The minimum absolute atomic E-state index is 0. The number of aliphatic hydroxyl groups excluding tert-OH is 1. The molecular formula is C19H30FIN4O. The normalized spacial score (nSPS) is 18.4. The van der Waals surface area contributed by atoms with Crippen LogP contribution in [0.2, 0.25) is 0 Å². The van der Waals surface area contributed by atoms with Crippen LogP contribution in [0.3, 0.4) is 0 Å². The summed E-state index contributed by atoms with van der Waals surface area (Å²) in [5, 5.41) is 16.2. The zero-order valence-corrected chi connectivity index (χ0v) is 17.7. The van der Waals surface area contributed by atoms with E-state index in [1.165, 1.54) is 12.8 Å². The minimum atomic E-state index is -0.249. The molecule has 1 aromatic carbocycles. The van der Waals surface area contributed by atoms with Gasteiger partial charge in [-0.15, -0.1) is 24.0 Å². The Morgan fingerprint density at radius 3 is 2.58 bits per heavy atom. The first kappa shape index (κ1) is 21.2. The summed E-state index contributed by atoms with van der Waals surface area (Å²) in [5.41, 5.74) is 1.49. The van der Waals surface area contributed by atoms with E-state index >= 15 is 0 Å². The first-order chi connectivity index (χ1) is 12.2. The molecule has 2 fully saturated rings. The fraction of sp³-hybridized carbons (Fsp3) is 0.632. The van der Waals surface area contributed by atoms with E-state index in [4.69, 9.17) is 0 Å². The molecule has 2 aliphatic rings. The maximum Gasteiger partial charge on any atom is 0.191 e. The van der Waals surface area contributed by atoms with Crippen LogP contribution in [0.15, 0.2) is 23.2 Å². The van der Waals surface area contributed by atoms with Crippen LogP contribution in [0, 0.1) is 11.7 Å². The maximum absolute atomic E-state index is 14.5. The lowest BCUT2D eigenvalue weighted by Crippen LogP contribution is -2.38. The molecule has 7 heteroatoms. The van der Waals surface area contributed by atoms with Crippen LogP contribution in [0.4, 0.5) is 10.1 Å². The van der Waals surface area contributed by atoms with E-state index in [-0.39, 0.29) is 35.9 Å². The Balaban J connectivity index is 0.00000243. The summed E-state index contributed by atoms with van der Waals surface area (Å²) in [6.07, 6.45) is 3.74. The third kappa shape index (κ3) is 6.26. The number of halogens is 2. The predicted octanol–water partition coefficient (Wildman–Crippen LogP) is 2.87. The lowest BCUT2D eigenvalue weighted by Gasteiger charge is -2.31. The van der Waals surface area contributed by atoms with Crippen molar-refractivity contribution in [2.75, 3.05) is 31.1 Å². The van der Waals surface area contributed by atoms with Gasteiger partial charge in [-0.05, 0) is 56.2 Å². The molecule has 0 unspecified atom stereocenters. The Hall–Kier alpha value is -1.09. The van der Waals surface area contributed by atoms with Crippen molar-refractivity contribution in [1.82, 2.24) is 10.6 Å². The molecule has 0 bridgehead atoms. The molecule has 1 aliphatic heterocycles. The molecule has 1 saturated heterocycles. The van der Waals surface area contributed by atoms with E-state index in [1.807, 2.05) is 24.0 Å². The summed E-state index contributed by atoms with van der Waals surface area (Å²) in [5.74, 6) is 1.37. The molecule has 146 valence electrons. The summed E-state index contributed by atoms with van der Waals surface area (Å²) < 4.78 is 14.5. The molecule has 3 rings (SSSR count). The number of guanidine groups is 1. The van der Waals surface area contributed by atoms with Crippen LogP contribution in [0.25, 0.3) is 0 Å². The Morgan fingerprint density at radius 2 is 1.96 bits per heavy atom. The lowest BCUT2D eigenvalue weighted by molar-refractivity contribution is 0.145. The molecule has 0 spiro atoms. The number of aliphatic imine (C=N–C) groups is 1. The predicted molar refractivity (Wildman–Crippen MR) is 115 cm³/mol. The molecule has 26 heavy (non-hydrogen) atoms. The first-order valence-electron chi connectivity index (χ1n) is 9.39. The largest absolute Gasteiger partial charge is 0.393 e.